The topological polar surface area (TPSA) is 91.9 Å². The molecule has 0 fully saturated rings. The van der Waals surface area contributed by atoms with Crippen molar-refractivity contribution < 1.29 is 4.92 Å². The van der Waals surface area contributed by atoms with Crippen molar-refractivity contribution >= 4 is 39.2 Å². The summed E-state index contributed by atoms with van der Waals surface area (Å²) in [6, 6.07) is 16.0. The molecular formula is C19H17N5O2. The van der Waals surface area contributed by atoms with Crippen LogP contribution in [0.1, 0.15) is 13.8 Å². The van der Waals surface area contributed by atoms with Crippen molar-refractivity contribution in [3.05, 3.63) is 64.7 Å². The van der Waals surface area contributed by atoms with Crippen LogP contribution < -0.4 is 10.6 Å². The number of nitrogens with one attached hydrogen (secondary N) is 2. The largest absolute Gasteiger partial charge is 0.363 e. The first-order chi connectivity index (χ1) is 12.4. The Balaban J connectivity index is 1.73. The van der Waals surface area contributed by atoms with Gasteiger partial charge in [-0.2, -0.15) is 5.11 Å². The van der Waals surface area contributed by atoms with Crippen LogP contribution in [0.4, 0.5) is 28.4 Å². The van der Waals surface area contributed by atoms with Gasteiger partial charge in [-0.15, -0.1) is 5.11 Å². The number of non-ortho nitro benzene ring substituents is 1. The van der Waals surface area contributed by atoms with Crippen molar-refractivity contribution in [3.8, 4) is 0 Å². The van der Waals surface area contributed by atoms with Gasteiger partial charge in [0.1, 0.15) is 5.66 Å². The van der Waals surface area contributed by atoms with E-state index < -0.39 is 4.92 Å². The van der Waals surface area contributed by atoms with Gasteiger partial charge in [0.2, 0.25) is 0 Å². The zero-order valence-electron chi connectivity index (χ0n) is 14.4. The van der Waals surface area contributed by atoms with Crippen LogP contribution in [0.2, 0.25) is 0 Å². The summed E-state index contributed by atoms with van der Waals surface area (Å²) < 4.78 is 0. The highest BCUT2D eigenvalue weighted by Crippen LogP contribution is 2.41. The lowest BCUT2D eigenvalue weighted by Crippen LogP contribution is -2.41. The van der Waals surface area contributed by atoms with Crippen molar-refractivity contribution in [3.63, 3.8) is 0 Å². The highest BCUT2D eigenvalue weighted by atomic mass is 16.6. The van der Waals surface area contributed by atoms with Crippen molar-refractivity contribution in [2.75, 3.05) is 10.6 Å². The molecule has 1 heterocycles. The molecule has 0 unspecified atom stereocenters. The van der Waals surface area contributed by atoms with E-state index in [1.165, 1.54) is 12.1 Å². The van der Waals surface area contributed by atoms with Gasteiger partial charge in [0.05, 0.1) is 16.3 Å². The molecule has 2 N–H and O–H groups in total. The van der Waals surface area contributed by atoms with Gasteiger partial charge < -0.3 is 10.6 Å². The monoisotopic (exact) mass is 347 g/mol. The Kier molecular flexibility index (Phi) is 3.57. The third-order valence-electron chi connectivity index (χ3n) is 4.25. The second-order valence-electron chi connectivity index (χ2n) is 6.71. The minimum atomic E-state index is -0.436. The third-order valence-corrected chi connectivity index (χ3v) is 4.25. The van der Waals surface area contributed by atoms with E-state index in [4.69, 9.17) is 0 Å². The smallest absolute Gasteiger partial charge is 0.269 e. The fourth-order valence-electron chi connectivity index (χ4n) is 3.14. The third kappa shape index (κ3) is 2.83. The number of anilines is 2. The molecule has 0 saturated heterocycles. The molecule has 0 aromatic heterocycles. The Morgan fingerprint density at radius 3 is 2.31 bits per heavy atom. The zero-order chi connectivity index (χ0) is 18.3. The Morgan fingerprint density at radius 1 is 0.923 bits per heavy atom. The quantitative estimate of drug-likeness (QED) is 0.359. The molecule has 3 aromatic rings. The molecule has 0 spiro atoms. The second-order valence-corrected chi connectivity index (χ2v) is 6.71. The molecule has 0 bridgehead atoms. The van der Waals surface area contributed by atoms with E-state index >= 15 is 0 Å². The summed E-state index contributed by atoms with van der Waals surface area (Å²) in [5, 5.41) is 28.3. The average Bonchev–Trinajstić information content (AvgIpc) is 2.60. The summed E-state index contributed by atoms with van der Waals surface area (Å²) in [6.45, 7) is 4.16. The van der Waals surface area contributed by atoms with Crippen LogP contribution in [0.5, 0.6) is 0 Å². The van der Waals surface area contributed by atoms with Gasteiger partial charge in [0.15, 0.2) is 0 Å². The average molecular weight is 347 g/mol. The maximum Gasteiger partial charge on any atom is 0.269 e. The van der Waals surface area contributed by atoms with Crippen LogP contribution in [-0.2, 0) is 0 Å². The number of nitro benzene ring substituents is 1. The van der Waals surface area contributed by atoms with Gasteiger partial charge in [0, 0.05) is 34.3 Å². The van der Waals surface area contributed by atoms with Gasteiger partial charge in [-0.05, 0) is 44.2 Å². The molecule has 4 rings (SSSR count). The van der Waals surface area contributed by atoms with Crippen LogP contribution in [0.15, 0.2) is 64.8 Å². The number of azo groups is 1. The van der Waals surface area contributed by atoms with E-state index in [0.717, 1.165) is 27.8 Å². The predicted octanol–water partition coefficient (Wildman–Crippen LogP) is 5.74. The van der Waals surface area contributed by atoms with E-state index in [9.17, 15) is 10.1 Å². The lowest BCUT2D eigenvalue weighted by Gasteiger charge is -2.36. The molecule has 0 radical (unpaired) electrons. The van der Waals surface area contributed by atoms with Crippen molar-refractivity contribution in [2.24, 2.45) is 10.2 Å². The van der Waals surface area contributed by atoms with Gasteiger partial charge in [0.25, 0.3) is 5.69 Å². The number of hydrogen-bond acceptors (Lipinski definition) is 6. The first kappa shape index (κ1) is 16.0. The second kappa shape index (κ2) is 5.80. The van der Waals surface area contributed by atoms with E-state index in [2.05, 4.69) is 34.7 Å². The highest BCUT2D eigenvalue weighted by Gasteiger charge is 2.25. The first-order valence-electron chi connectivity index (χ1n) is 8.21. The first-order valence-corrected chi connectivity index (χ1v) is 8.21. The fraction of sp³-hybridized carbons (Fsp3) is 0.158. The molecular weight excluding hydrogens is 330 g/mol. The lowest BCUT2D eigenvalue weighted by molar-refractivity contribution is -0.384. The Bertz CT molecular complexity index is 1030. The maximum atomic E-state index is 10.7. The molecule has 7 nitrogen and oxygen atoms in total. The molecule has 0 aliphatic carbocycles. The minimum Gasteiger partial charge on any atom is -0.363 e. The molecule has 0 amide bonds. The van der Waals surface area contributed by atoms with E-state index in [1.54, 1.807) is 12.1 Å². The van der Waals surface area contributed by atoms with E-state index in [-0.39, 0.29) is 11.4 Å². The summed E-state index contributed by atoms with van der Waals surface area (Å²) >= 11 is 0. The zero-order valence-corrected chi connectivity index (χ0v) is 14.4. The van der Waals surface area contributed by atoms with Gasteiger partial charge >= 0.3 is 0 Å². The Morgan fingerprint density at radius 2 is 1.62 bits per heavy atom. The van der Waals surface area contributed by atoms with Crippen LogP contribution in [0.25, 0.3) is 10.8 Å². The van der Waals surface area contributed by atoms with Gasteiger partial charge in [-0.25, -0.2) is 0 Å². The van der Waals surface area contributed by atoms with Gasteiger partial charge in [-0.1, -0.05) is 12.1 Å². The molecule has 26 heavy (non-hydrogen) atoms. The minimum absolute atomic E-state index is 0.0327. The summed E-state index contributed by atoms with van der Waals surface area (Å²) in [5.41, 5.74) is 3.21. The Labute approximate surface area is 149 Å². The number of nitro groups is 1. The molecule has 1 aliphatic rings. The number of nitrogens with zero attached hydrogens (tertiary/aromatic N) is 3. The van der Waals surface area contributed by atoms with Crippen LogP contribution in [-0.4, -0.2) is 10.6 Å². The number of rotatable bonds is 3. The molecule has 3 aromatic carbocycles. The lowest BCUT2D eigenvalue weighted by atomic mass is 10.00. The summed E-state index contributed by atoms with van der Waals surface area (Å²) in [6.07, 6.45) is 0. The van der Waals surface area contributed by atoms with Crippen molar-refractivity contribution in [1.29, 1.82) is 0 Å². The predicted molar refractivity (Wildman–Crippen MR) is 103 cm³/mol. The van der Waals surface area contributed by atoms with E-state index in [0.29, 0.717) is 5.69 Å². The summed E-state index contributed by atoms with van der Waals surface area (Å²) in [7, 11) is 0. The number of benzene rings is 3. The van der Waals surface area contributed by atoms with Crippen molar-refractivity contribution in [1.82, 2.24) is 0 Å². The van der Waals surface area contributed by atoms with Gasteiger partial charge in [-0.3, -0.25) is 10.1 Å². The summed E-state index contributed by atoms with van der Waals surface area (Å²) in [4.78, 5) is 10.3. The maximum absolute atomic E-state index is 10.7. The Hall–Kier alpha value is -3.48. The summed E-state index contributed by atoms with van der Waals surface area (Å²) in [5.74, 6) is 0. The molecule has 0 saturated carbocycles. The highest BCUT2D eigenvalue weighted by molar-refractivity contribution is 6.09. The molecule has 130 valence electrons. The molecule has 7 heteroatoms. The fourth-order valence-corrected chi connectivity index (χ4v) is 3.14. The van der Waals surface area contributed by atoms with Crippen LogP contribution in [0, 0.1) is 10.1 Å². The molecule has 1 aliphatic heterocycles. The number of hydrogen-bond donors (Lipinski definition) is 2. The van der Waals surface area contributed by atoms with Crippen LogP contribution in [0.3, 0.4) is 0 Å². The van der Waals surface area contributed by atoms with E-state index in [1.807, 2.05) is 30.3 Å². The standard InChI is InChI=1S/C19H17N5O2/c1-19(2)20-16-5-3-4-14-15(10-11-17(21-19)18(14)16)23-22-12-6-8-13(9-7-12)24(25)26/h3-11,20-21H,1-2H3. The normalized spacial score (nSPS) is 14.8. The van der Waals surface area contributed by atoms with Crippen molar-refractivity contribution in [2.45, 2.75) is 19.5 Å². The van der Waals surface area contributed by atoms with Crippen LogP contribution >= 0.6 is 0 Å². The SMILES string of the molecule is CC1(C)Nc2cccc3c(N=Nc4ccc([N+](=O)[O-])cc4)ccc(c23)N1. The molecule has 0 atom stereocenters.